The number of carbonyl (C=O) groups excluding carboxylic acids is 1. The van der Waals surface area contributed by atoms with Gasteiger partial charge in [0, 0.05) is 24.2 Å². The van der Waals surface area contributed by atoms with Crippen molar-refractivity contribution in [1.29, 1.82) is 0 Å². The van der Waals surface area contributed by atoms with Crippen LogP contribution < -0.4 is 0 Å². The molecule has 1 aliphatic carbocycles. The third kappa shape index (κ3) is 3.32. The summed E-state index contributed by atoms with van der Waals surface area (Å²) >= 11 is 0. The minimum absolute atomic E-state index is 0.111. The van der Waals surface area contributed by atoms with Crippen molar-refractivity contribution in [3.05, 3.63) is 77.5 Å². The second kappa shape index (κ2) is 7.25. The van der Waals surface area contributed by atoms with E-state index in [4.69, 9.17) is 0 Å². The van der Waals surface area contributed by atoms with Gasteiger partial charge in [-0.1, -0.05) is 42.5 Å². The number of hydrogen-bond acceptors (Lipinski definition) is 4. The van der Waals surface area contributed by atoms with E-state index in [1.165, 1.54) is 12.1 Å². The van der Waals surface area contributed by atoms with Crippen molar-refractivity contribution in [1.82, 2.24) is 4.90 Å². The van der Waals surface area contributed by atoms with Gasteiger partial charge in [0.1, 0.15) is 0 Å². The highest BCUT2D eigenvalue weighted by molar-refractivity contribution is 7.90. The Morgan fingerprint density at radius 2 is 1.46 bits per heavy atom. The van der Waals surface area contributed by atoms with E-state index in [9.17, 15) is 13.2 Å². The van der Waals surface area contributed by atoms with Crippen molar-refractivity contribution in [2.24, 2.45) is 4.40 Å². The van der Waals surface area contributed by atoms with Gasteiger partial charge in [-0.15, -0.1) is 0 Å². The lowest BCUT2D eigenvalue weighted by atomic mass is 9.91. The Bertz CT molecular complexity index is 989. The summed E-state index contributed by atoms with van der Waals surface area (Å²) in [5.74, 6) is -0.111. The van der Waals surface area contributed by atoms with Crippen LogP contribution in [0, 0.1) is 0 Å². The van der Waals surface area contributed by atoms with E-state index in [1.807, 2.05) is 18.7 Å². The predicted octanol–water partition coefficient (Wildman–Crippen LogP) is 3.29. The monoisotopic (exact) mass is 368 g/mol. The average Bonchev–Trinajstić information content (AvgIpc) is 2.66. The number of Topliss-reactive ketones (excluding diaryl/α,β-unsaturated/α-hetero) is 1. The summed E-state index contributed by atoms with van der Waals surface area (Å²) in [6, 6.07) is 15.0. The molecule has 6 heteroatoms. The Hall–Kier alpha value is -2.73. The molecule has 0 unspecified atom stereocenters. The molecular formula is C20H20N2O3S. The van der Waals surface area contributed by atoms with Crippen LogP contribution in [-0.2, 0) is 10.0 Å². The smallest absolute Gasteiger partial charge is 0.282 e. The van der Waals surface area contributed by atoms with Crippen LogP contribution in [0.2, 0.25) is 0 Å². The van der Waals surface area contributed by atoms with Crippen LogP contribution in [0.4, 0.5) is 0 Å². The van der Waals surface area contributed by atoms with Crippen LogP contribution in [0.1, 0.15) is 29.8 Å². The van der Waals surface area contributed by atoms with Crippen molar-refractivity contribution in [2.45, 2.75) is 18.7 Å². The van der Waals surface area contributed by atoms with Crippen molar-refractivity contribution in [2.75, 3.05) is 13.1 Å². The van der Waals surface area contributed by atoms with Gasteiger partial charge in [0.25, 0.3) is 10.0 Å². The molecule has 3 rings (SSSR count). The molecular weight excluding hydrogens is 348 g/mol. The minimum atomic E-state index is -3.87. The Morgan fingerprint density at radius 1 is 0.885 bits per heavy atom. The van der Waals surface area contributed by atoms with Crippen LogP contribution >= 0.6 is 0 Å². The molecule has 0 bridgehead atoms. The molecule has 2 aromatic carbocycles. The third-order valence-electron chi connectivity index (χ3n) is 4.32. The van der Waals surface area contributed by atoms with Gasteiger partial charge < -0.3 is 4.90 Å². The molecule has 134 valence electrons. The number of sulfonamides is 1. The molecule has 26 heavy (non-hydrogen) atoms. The maximum atomic E-state index is 12.8. The van der Waals surface area contributed by atoms with Crippen molar-refractivity contribution in [3.8, 4) is 0 Å². The summed E-state index contributed by atoms with van der Waals surface area (Å²) in [6.07, 6.45) is 1.58. The molecule has 0 saturated carbocycles. The van der Waals surface area contributed by atoms with Crippen molar-refractivity contribution in [3.63, 3.8) is 0 Å². The summed E-state index contributed by atoms with van der Waals surface area (Å²) in [5.41, 5.74) is 1.76. The highest BCUT2D eigenvalue weighted by Crippen LogP contribution is 2.25. The molecule has 5 nitrogen and oxygen atoms in total. The molecule has 0 radical (unpaired) electrons. The Balaban J connectivity index is 2.19. The maximum Gasteiger partial charge on any atom is 0.282 e. The first-order chi connectivity index (χ1) is 12.5. The number of likely N-dealkylation sites (N-methyl/N-ethyl adjacent to an activating group) is 1. The Labute approximate surface area is 153 Å². The van der Waals surface area contributed by atoms with Crippen LogP contribution in [0.5, 0.6) is 0 Å². The third-order valence-corrected chi connectivity index (χ3v) is 5.62. The highest BCUT2D eigenvalue weighted by atomic mass is 32.2. The summed E-state index contributed by atoms with van der Waals surface area (Å²) in [4.78, 5) is 14.9. The number of carbonyl (C=O) groups is 1. The molecule has 0 spiro atoms. The fourth-order valence-electron chi connectivity index (χ4n) is 2.96. The number of nitrogens with zero attached hydrogens (tertiary/aromatic N) is 2. The van der Waals surface area contributed by atoms with Gasteiger partial charge in [0.15, 0.2) is 0 Å². The molecule has 0 aromatic heterocycles. The van der Waals surface area contributed by atoms with Crippen LogP contribution in [0.15, 0.2) is 75.7 Å². The number of fused-ring (bicyclic) bond motifs is 1. The zero-order chi connectivity index (χ0) is 18.7. The van der Waals surface area contributed by atoms with Gasteiger partial charge in [-0.2, -0.15) is 12.8 Å². The summed E-state index contributed by atoms with van der Waals surface area (Å²) in [7, 11) is -3.87. The van der Waals surface area contributed by atoms with E-state index >= 15 is 0 Å². The SMILES string of the molecule is CCN(CC)C1=C/C(=N/S(=O)(=O)c2ccccc2)c2ccccc2C1=O. The molecule has 0 saturated heterocycles. The van der Waals surface area contributed by atoms with Gasteiger partial charge in [-0.25, -0.2) is 0 Å². The van der Waals surface area contributed by atoms with Gasteiger partial charge in [0.2, 0.25) is 5.78 Å². The van der Waals surface area contributed by atoms with Gasteiger partial charge in [-0.05, 0) is 32.1 Å². The second-order valence-corrected chi connectivity index (χ2v) is 7.45. The van der Waals surface area contributed by atoms with E-state index in [2.05, 4.69) is 4.40 Å². The topological polar surface area (TPSA) is 66.8 Å². The lowest BCUT2D eigenvalue weighted by molar-refractivity contribution is 0.0992. The molecule has 0 amide bonds. The fourth-order valence-corrected chi connectivity index (χ4v) is 3.98. The number of benzene rings is 2. The molecule has 0 aliphatic heterocycles. The Kier molecular flexibility index (Phi) is 5.04. The molecule has 0 heterocycles. The van der Waals surface area contributed by atoms with Crippen molar-refractivity contribution >= 4 is 21.5 Å². The largest absolute Gasteiger partial charge is 0.369 e. The fraction of sp³-hybridized carbons (Fsp3) is 0.200. The molecule has 0 N–H and O–H groups in total. The highest BCUT2D eigenvalue weighted by Gasteiger charge is 2.28. The van der Waals surface area contributed by atoms with Crippen LogP contribution in [0.3, 0.4) is 0 Å². The number of rotatable bonds is 5. The standard InChI is InChI=1S/C20H20N2O3S/c1-3-22(4-2)19-14-18(16-12-8-9-13-17(16)20(19)23)21-26(24,25)15-10-6-5-7-11-15/h5-14H,3-4H2,1-2H3/b21-18-. The quantitative estimate of drug-likeness (QED) is 0.812. The molecule has 1 aliphatic rings. The van der Waals surface area contributed by atoms with Gasteiger partial charge >= 0.3 is 0 Å². The lowest BCUT2D eigenvalue weighted by Gasteiger charge is -2.27. The second-order valence-electron chi connectivity index (χ2n) is 5.84. The number of ketones is 1. The molecule has 0 fully saturated rings. The first-order valence-corrected chi connectivity index (χ1v) is 9.92. The summed E-state index contributed by atoms with van der Waals surface area (Å²) in [6.45, 7) is 5.20. The van der Waals surface area contributed by atoms with E-state index in [-0.39, 0.29) is 16.4 Å². The van der Waals surface area contributed by atoms with E-state index < -0.39 is 10.0 Å². The molecule has 2 aromatic rings. The van der Waals surface area contributed by atoms with Crippen LogP contribution in [-0.4, -0.2) is 37.9 Å². The van der Waals surface area contributed by atoms with E-state index in [0.29, 0.717) is 29.9 Å². The Morgan fingerprint density at radius 3 is 2.08 bits per heavy atom. The van der Waals surface area contributed by atoms with E-state index in [1.54, 1.807) is 48.5 Å². The van der Waals surface area contributed by atoms with Crippen molar-refractivity contribution < 1.29 is 13.2 Å². The van der Waals surface area contributed by atoms with Gasteiger partial charge in [-0.3, -0.25) is 4.79 Å². The lowest BCUT2D eigenvalue weighted by Crippen LogP contribution is -2.31. The zero-order valence-corrected chi connectivity index (χ0v) is 15.5. The first kappa shape index (κ1) is 18.1. The minimum Gasteiger partial charge on any atom is -0.369 e. The average molecular weight is 368 g/mol. The van der Waals surface area contributed by atoms with Gasteiger partial charge in [0.05, 0.1) is 16.3 Å². The summed E-state index contributed by atoms with van der Waals surface area (Å²) in [5, 5.41) is 0. The summed E-state index contributed by atoms with van der Waals surface area (Å²) < 4.78 is 29.4. The zero-order valence-electron chi connectivity index (χ0n) is 14.7. The normalized spacial score (nSPS) is 15.5. The molecule has 0 atom stereocenters. The number of hydrogen-bond donors (Lipinski definition) is 0. The van der Waals surface area contributed by atoms with E-state index in [0.717, 1.165) is 0 Å². The first-order valence-electron chi connectivity index (χ1n) is 8.48. The maximum absolute atomic E-state index is 12.8. The predicted molar refractivity (Wildman–Crippen MR) is 102 cm³/mol. The van der Waals surface area contributed by atoms with Crippen LogP contribution in [0.25, 0.3) is 0 Å². The number of allylic oxidation sites excluding steroid dienone is 2.